The fourth-order valence-corrected chi connectivity index (χ4v) is 2.12. The highest BCUT2D eigenvalue weighted by Gasteiger charge is 2.07. The van der Waals surface area contributed by atoms with Crippen molar-refractivity contribution in [1.29, 1.82) is 0 Å². The Hall–Kier alpha value is -0.390. The molecule has 5 heteroatoms. The van der Waals surface area contributed by atoms with Crippen LogP contribution >= 0.6 is 27.3 Å². The Morgan fingerprint density at radius 1 is 1.85 bits per heavy atom. The second-order valence-electron chi connectivity index (χ2n) is 2.82. The largest absolute Gasteiger partial charge is 0.350 e. The molecule has 0 radical (unpaired) electrons. The molecular weight excluding hydrogens is 252 g/mol. The SMILES string of the molecule is CC(N)CNC(=O)c1cc(Br)cs1. The summed E-state index contributed by atoms with van der Waals surface area (Å²) in [6.45, 7) is 2.36. The Morgan fingerprint density at radius 2 is 2.54 bits per heavy atom. The third kappa shape index (κ3) is 3.46. The molecule has 72 valence electrons. The molecule has 0 aliphatic heterocycles. The molecule has 1 rings (SSSR count). The van der Waals surface area contributed by atoms with E-state index in [1.165, 1.54) is 11.3 Å². The lowest BCUT2D eigenvalue weighted by Gasteiger charge is -2.05. The lowest BCUT2D eigenvalue weighted by molar-refractivity contribution is 0.0956. The normalized spacial score (nSPS) is 12.5. The quantitative estimate of drug-likeness (QED) is 0.870. The van der Waals surface area contributed by atoms with Gasteiger partial charge in [-0.1, -0.05) is 0 Å². The number of rotatable bonds is 3. The summed E-state index contributed by atoms with van der Waals surface area (Å²) in [5.41, 5.74) is 5.50. The molecule has 0 saturated heterocycles. The van der Waals surface area contributed by atoms with Crippen LogP contribution in [0.5, 0.6) is 0 Å². The molecule has 1 amide bonds. The molecule has 1 aromatic heterocycles. The number of nitrogens with one attached hydrogen (secondary N) is 1. The maximum atomic E-state index is 11.4. The maximum absolute atomic E-state index is 11.4. The van der Waals surface area contributed by atoms with E-state index >= 15 is 0 Å². The lowest BCUT2D eigenvalue weighted by atomic mass is 10.3. The van der Waals surface area contributed by atoms with Gasteiger partial charge in [0.1, 0.15) is 0 Å². The zero-order valence-electron chi connectivity index (χ0n) is 7.21. The van der Waals surface area contributed by atoms with Crippen molar-refractivity contribution in [1.82, 2.24) is 5.32 Å². The summed E-state index contributed by atoms with van der Waals surface area (Å²) in [6, 6.07) is 1.79. The summed E-state index contributed by atoms with van der Waals surface area (Å²) < 4.78 is 0.934. The van der Waals surface area contributed by atoms with E-state index < -0.39 is 0 Å². The smallest absolute Gasteiger partial charge is 0.261 e. The molecule has 1 heterocycles. The van der Waals surface area contributed by atoms with Crippen LogP contribution in [0.4, 0.5) is 0 Å². The Labute approximate surface area is 89.5 Å². The monoisotopic (exact) mass is 262 g/mol. The van der Waals surface area contributed by atoms with Crippen molar-refractivity contribution < 1.29 is 4.79 Å². The Bertz CT molecular complexity index is 298. The van der Waals surface area contributed by atoms with Gasteiger partial charge < -0.3 is 11.1 Å². The van der Waals surface area contributed by atoms with Gasteiger partial charge in [-0.3, -0.25) is 4.79 Å². The van der Waals surface area contributed by atoms with E-state index in [1.807, 2.05) is 12.3 Å². The fourth-order valence-electron chi connectivity index (χ4n) is 0.773. The third-order valence-electron chi connectivity index (χ3n) is 1.38. The number of hydrogen-bond acceptors (Lipinski definition) is 3. The minimum Gasteiger partial charge on any atom is -0.350 e. The van der Waals surface area contributed by atoms with Gasteiger partial charge in [-0.15, -0.1) is 11.3 Å². The number of amides is 1. The maximum Gasteiger partial charge on any atom is 0.261 e. The van der Waals surface area contributed by atoms with Gasteiger partial charge in [0.2, 0.25) is 0 Å². The molecule has 0 bridgehead atoms. The van der Waals surface area contributed by atoms with E-state index in [0.717, 1.165) is 4.47 Å². The molecule has 0 aliphatic carbocycles. The van der Waals surface area contributed by atoms with E-state index in [9.17, 15) is 4.79 Å². The molecule has 0 spiro atoms. The molecule has 13 heavy (non-hydrogen) atoms. The number of thiophene rings is 1. The second kappa shape index (κ2) is 4.74. The summed E-state index contributed by atoms with van der Waals surface area (Å²) in [7, 11) is 0. The average Bonchev–Trinajstić information content (AvgIpc) is 2.47. The van der Waals surface area contributed by atoms with Crippen molar-refractivity contribution in [3.63, 3.8) is 0 Å². The minimum absolute atomic E-state index is 0.00708. The summed E-state index contributed by atoms with van der Waals surface area (Å²) in [5.74, 6) is -0.0620. The highest BCUT2D eigenvalue weighted by atomic mass is 79.9. The van der Waals surface area contributed by atoms with E-state index in [2.05, 4.69) is 21.2 Å². The fraction of sp³-hybridized carbons (Fsp3) is 0.375. The van der Waals surface area contributed by atoms with Gasteiger partial charge in [0.15, 0.2) is 0 Å². The van der Waals surface area contributed by atoms with Crippen LogP contribution in [0, 0.1) is 0 Å². The predicted molar refractivity (Wildman–Crippen MR) is 58.0 cm³/mol. The first kappa shape index (κ1) is 10.7. The van der Waals surface area contributed by atoms with Crippen LogP contribution < -0.4 is 11.1 Å². The second-order valence-corrected chi connectivity index (χ2v) is 4.64. The zero-order valence-corrected chi connectivity index (χ0v) is 9.61. The van der Waals surface area contributed by atoms with E-state index in [1.54, 1.807) is 6.07 Å². The molecule has 1 unspecified atom stereocenters. The first-order valence-electron chi connectivity index (χ1n) is 3.87. The molecule has 3 N–H and O–H groups in total. The van der Waals surface area contributed by atoms with Crippen LogP contribution in [-0.2, 0) is 0 Å². The summed E-state index contributed by atoms with van der Waals surface area (Å²) in [5, 5.41) is 4.61. The molecule has 0 fully saturated rings. The number of hydrogen-bond donors (Lipinski definition) is 2. The van der Waals surface area contributed by atoms with Crippen molar-refractivity contribution in [2.45, 2.75) is 13.0 Å². The van der Waals surface area contributed by atoms with E-state index in [0.29, 0.717) is 11.4 Å². The molecule has 1 aromatic rings. The number of nitrogens with two attached hydrogens (primary N) is 1. The van der Waals surface area contributed by atoms with Crippen molar-refractivity contribution >= 4 is 33.2 Å². The summed E-state index contributed by atoms with van der Waals surface area (Å²) in [6.07, 6.45) is 0. The highest BCUT2D eigenvalue weighted by molar-refractivity contribution is 9.10. The third-order valence-corrected chi connectivity index (χ3v) is 3.07. The van der Waals surface area contributed by atoms with Crippen LogP contribution in [0.2, 0.25) is 0 Å². The molecule has 0 aliphatic rings. The highest BCUT2D eigenvalue weighted by Crippen LogP contribution is 2.19. The lowest BCUT2D eigenvalue weighted by Crippen LogP contribution is -2.34. The number of carbonyl (C=O) groups is 1. The Kier molecular flexibility index (Phi) is 3.90. The van der Waals surface area contributed by atoms with Crippen molar-refractivity contribution in [3.8, 4) is 0 Å². The van der Waals surface area contributed by atoms with Gasteiger partial charge >= 0.3 is 0 Å². The van der Waals surface area contributed by atoms with Crippen LogP contribution in [0.3, 0.4) is 0 Å². The average molecular weight is 263 g/mol. The first-order valence-corrected chi connectivity index (χ1v) is 5.54. The van der Waals surface area contributed by atoms with Gasteiger partial charge in [0.05, 0.1) is 4.88 Å². The standard InChI is InChI=1S/C8H11BrN2OS/c1-5(10)3-11-8(12)7-2-6(9)4-13-7/h2,4-5H,3,10H2,1H3,(H,11,12). The number of carbonyl (C=O) groups excluding carboxylic acids is 1. The molecule has 0 aromatic carbocycles. The van der Waals surface area contributed by atoms with Crippen LogP contribution in [-0.4, -0.2) is 18.5 Å². The van der Waals surface area contributed by atoms with Crippen molar-refractivity contribution in [2.75, 3.05) is 6.54 Å². The van der Waals surface area contributed by atoms with Crippen molar-refractivity contribution in [2.24, 2.45) is 5.73 Å². The van der Waals surface area contributed by atoms with E-state index in [-0.39, 0.29) is 11.9 Å². The zero-order chi connectivity index (χ0) is 9.84. The van der Waals surface area contributed by atoms with Crippen LogP contribution in [0.1, 0.15) is 16.6 Å². The first-order chi connectivity index (χ1) is 6.09. The van der Waals surface area contributed by atoms with Crippen LogP contribution in [0.25, 0.3) is 0 Å². The Balaban J connectivity index is 2.49. The summed E-state index contributed by atoms with van der Waals surface area (Å²) >= 11 is 4.70. The van der Waals surface area contributed by atoms with Gasteiger partial charge in [0.25, 0.3) is 5.91 Å². The van der Waals surface area contributed by atoms with Gasteiger partial charge in [-0.05, 0) is 28.9 Å². The molecular formula is C8H11BrN2OS. The minimum atomic E-state index is -0.0620. The van der Waals surface area contributed by atoms with Crippen molar-refractivity contribution in [3.05, 3.63) is 20.8 Å². The molecule has 1 atom stereocenters. The predicted octanol–water partition coefficient (Wildman–Crippen LogP) is 1.59. The van der Waals surface area contributed by atoms with E-state index in [4.69, 9.17) is 5.73 Å². The number of halogens is 1. The van der Waals surface area contributed by atoms with Gasteiger partial charge in [0, 0.05) is 22.4 Å². The topological polar surface area (TPSA) is 55.1 Å². The summed E-state index contributed by atoms with van der Waals surface area (Å²) in [4.78, 5) is 12.1. The molecule has 0 saturated carbocycles. The van der Waals surface area contributed by atoms with Gasteiger partial charge in [-0.2, -0.15) is 0 Å². The van der Waals surface area contributed by atoms with Crippen LogP contribution in [0.15, 0.2) is 15.9 Å². The Morgan fingerprint density at radius 3 is 3.00 bits per heavy atom. The van der Waals surface area contributed by atoms with Gasteiger partial charge in [-0.25, -0.2) is 0 Å². The molecule has 3 nitrogen and oxygen atoms in total.